The lowest BCUT2D eigenvalue weighted by molar-refractivity contribution is 0.0481. The molecule has 0 amide bonds. The fourth-order valence-electron chi connectivity index (χ4n) is 2.33. The molecular weight excluding hydrogens is 255 g/mol. The largest absolute Gasteiger partial charge is 0.397 e. The van der Waals surface area contributed by atoms with Crippen LogP contribution < -0.4 is 10.6 Å². The Hall–Kier alpha value is -1.00. The molecule has 3 nitrogen and oxygen atoms in total. The third-order valence-electron chi connectivity index (χ3n) is 3.47. The van der Waals surface area contributed by atoms with Gasteiger partial charge in [-0.15, -0.1) is 0 Å². The minimum absolute atomic E-state index is 0.0789. The van der Waals surface area contributed by atoms with Crippen molar-refractivity contribution in [2.24, 2.45) is 0 Å². The van der Waals surface area contributed by atoms with Gasteiger partial charge in [0.1, 0.15) is 5.82 Å². The van der Waals surface area contributed by atoms with E-state index in [-0.39, 0.29) is 5.02 Å². The number of aliphatic hydroxyl groups is 1. The molecule has 1 aromatic carbocycles. The smallest absolute Gasteiger partial charge is 0.143 e. The average Bonchev–Trinajstić information content (AvgIpc) is 2.45. The summed E-state index contributed by atoms with van der Waals surface area (Å²) in [7, 11) is 0. The van der Waals surface area contributed by atoms with Crippen LogP contribution in [0.4, 0.5) is 15.8 Å². The summed E-state index contributed by atoms with van der Waals surface area (Å²) in [6.07, 6.45) is 2.31. The zero-order chi connectivity index (χ0) is 13.3. The third-order valence-corrected chi connectivity index (χ3v) is 3.76. The van der Waals surface area contributed by atoms with E-state index in [9.17, 15) is 9.50 Å². The summed E-state index contributed by atoms with van der Waals surface area (Å²) in [6.45, 7) is 3.33. The Morgan fingerprint density at radius 2 is 2.11 bits per heavy atom. The van der Waals surface area contributed by atoms with Crippen LogP contribution in [0.5, 0.6) is 0 Å². The predicted molar refractivity (Wildman–Crippen MR) is 72.5 cm³/mol. The lowest BCUT2D eigenvalue weighted by Crippen LogP contribution is -2.28. The third kappa shape index (κ3) is 2.87. The van der Waals surface area contributed by atoms with Crippen molar-refractivity contribution < 1.29 is 9.50 Å². The van der Waals surface area contributed by atoms with Crippen LogP contribution in [0.25, 0.3) is 0 Å². The highest BCUT2D eigenvalue weighted by Gasteiger charge is 2.26. The van der Waals surface area contributed by atoms with Crippen molar-refractivity contribution in [1.82, 2.24) is 0 Å². The Labute approximate surface area is 111 Å². The zero-order valence-electron chi connectivity index (χ0n) is 10.4. The van der Waals surface area contributed by atoms with Crippen LogP contribution in [-0.4, -0.2) is 23.8 Å². The Balaban J connectivity index is 2.24. The van der Waals surface area contributed by atoms with E-state index >= 15 is 0 Å². The number of rotatable bonds is 1. The molecule has 1 saturated heterocycles. The highest BCUT2D eigenvalue weighted by atomic mass is 35.5. The summed E-state index contributed by atoms with van der Waals surface area (Å²) in [5.74, 6) is -0.500. The number of benzene rings is 1. The summed E-state index contributed by atoms with van der Waals surface area (Å²) in [6, 6.07) is 2.81. The lowest BCUT2D eigenvalue weighted by atomic mass is 9.98. The molecule has 0 spiro atoms. The van der Waals surface area contributed by atoms with Gasteiger partial charge in [0.2, 0.25) is 0 Å². The maximum absolute atomic E-state index is 13.3. The van der Waals surface area contributed by atoms with Crippen LogP contribution in [0.3, 0.4) is 0 Å². The first-order chi connectivity index (χ1) is 8.39. The van der Waals surface area contributed by atoms with Gasteiger partial charge in [-0.1, -0.05) is 11.6 Å². The van der Waals surface area contributed by atoms with Crippen LogP contribution in [0.2, 0.25) is 5.02 Å². The molecule has 100 valence electrons. The van der Waals surface area contributed by atoms with E-state index in [1.807, 2.05) is 6.92 Å². The Bertz CT molecular complexity index is 451. The molecule has 18 heavy (non-hydrogen) atoms. The van der Waals surface area contributed by atoms with E-state index in [2.05, 4.69) is 4.90 Å². The fraction of sp³-hybridized carbons (Fsp3) is 0.538. The number of halogens is 2. The van der Waals surface area contributed by atoms with Crippen molar-refractivity contribution in [3.63, 3.8) is 0 Å². The first-order valence-corrected chi connectivity index (χ1v) is 6.49. The quantitative estimate of drug-likeness (QED) is 0.773. The summed E-state index contributed by atoms with van der Waals surface area (Å²) < 4.78 is 13.3. The van der Waals surface area contributed by atoms with Crippen molar-refractivity contribution in [2.45, 2.75) is 31.8 Å². The summed E-state index contributed by atoms with van der Waals surface area (Å²) in [5.41, 5.74) is 6.34. The van der Waals surface area contributed by atoms with Crippen LogP contribution in [0.15, 0.2) is 12.1 Å². The molecule has 0 bridgehead atoms. The summed E-state index contributed by atoms with van der Waals surface area (Å²) >= 11 is 5.80. The normalized spacial score (nSPS) is 25.0. The van der Waals surface area contributed by atoms with E-state index in [1.165, 1.54) is 6.07 Å². The lowest BCUT2D eigenvalue weighted by Gasteiger charge is -2.25. The van der Waals surface area contributed by atoms with E-state index in [0.29, 0.717) is 18.7 Å². The minimum Gasteiger partial charge on any atom is -0.397 e. The van der Waals surface area contributed by atoms with E-state index < -0.39 is 11.4 Å². The maximum Gasteiger partial charge on any atom is 0.143 e. The fourth-order valence-corrected chi connectivity index (χ4v) is 2.49. The average molecular weight is 273 g/mol. The monoisotopic (exact) mass is 272 g/mol. The Morgan fingerprint density at radius 1 is 1.39 bits per heavy atom. The SMILES string of the molecule is CC1(O)CCCN(c2cc(Cl)c(F)cc2N)CC1. The Kier molecular flexibility index (Phi) is 3.69. The number of nitrogens with zero attached hydrogens (tertiary/aromatic N) is 1. The van der Waals surface area contributed by atoms with Crippen molar-refractivity contribution in [3.05, 3.63) is 23.0 Å². The second-order valence-electron chi connectivity index (χ2n) is 5.16. The molecule has 3 N–H and O–H groups in total. The number of nitrogens with two attached hydrogens (primary N) is 1. The van der Waals surface area contributed by atoms with Gasteiger partial charge in [-0.2, -0.15) is 0 Å². The molecule has 1 fully saturated rings. The van der Waals surface area contributed by atoms with Gasteiger partial charge in [0.25, 0.3) is 0 Å². The highest BCUT2D eigenvalue weighted by molar-refractivity contribution is 6.31. The van der Waals surface area contributed by atoms with Crippen molar-refractivity contribution in [3.8, 4) is 0 Å². The second kappa shape index (κ2) is 4.94. The van der Waals surface area contributed by atoms with Crippen molar-refractivity contribution in [1.29, 1.82) is 0 Å². The minimum atomic E-state index is -0.632. The molecule has 0 aromatic heterocycles. The van der Waals surface area contributed by atoms with Gasteiger partial charge in [-0.05, 0) is 32.3 Å². The highest BCUT2D eigenvalue weighted by Crippen LogP contribution is 2.32. The molecule has 1 aliphatic rings. The topological polar surface area (TPSA) is 49.5 Å². The molecular formula is C13H18ClFN2O. The number of hydrogen-bond acceptors (Lipinski definition) is 3. The van der Waals surface area contributed by atoms with Gasteiger partial charge >= 0.3 is 0 Å². The van der Waals surface area contributed by atoms with E-state index in [1.54, 1.807) is 6.07 Å². The number of hydrogen-bond donors (Lipinski definition) is 2. The molecule has 0 saturated carbocycles. The van der Waals surface area contributed by atoms with Crippen LogP contribution in [0, 0.1) is 5.82 Å². The number of anilines is 2. The van der Waals surface area contributed by atoms with Gasteiger partial charge in [-0.25, -0.2) is 4.39 Å². The predicted octanol–water partition coefficient (Wildman–Crippen LogP) is 2.80. The molecule has 0 aliphatic carbocycles. The van der Waals surface area contributed by atoms with Crippen LogP contribution in [-0.2, 0) is 0 Å². The first kappa shape index (κ1) is 13.4. The molecule has 2 rings (SSSR count). The zero-order valence-corrected chi connectivity index (χ0v) is 11.2. The molecule has 1 aromatic rings. The van der Waals surface area contributed by atoms with Crippen LogP contribution >= 0.6 is 11.6 Å². The molecule has 1 atom stereocenters. The maximum atomic E-state index is 13.3. The van der Waals surface area contributed by atoms with Crippen molar-refractivity contribution >= 4 is 23.0 Å². The van der Waals surface area contributed by atoms with Gasteiger partial charge < -0.3 is 15.7 Å². The van der Waals surface area contributed by atoms with Crippen LogP contribution in [0.1, 0.15) is 26.2 Å². The molecule has 1 aliphatic heterocycles. The van der Waals surface area contributed by atoms with E-state index in [0.717, 1.165) is 25.1 Å². The van der Waals surface area contributed by atoms with Gasteiger partial charge in [0.05, 0.1) is 22.0 Å². The van der Waals surface area contributed by atoms with Gasteiger partial charge in [0, 0.05) is 19.2 Å². The molecule has 0 radical (unpaired) electrons. The Morgan fingerprint density at radius 3 is 2.83 bits per heavy atom. The first-order valence-electron chi connectivity index (χ1n) is 6.11. The summed E-state index contributed by atoms with van der Waals surface area (Å²) in [5, 5.41) is 10.1. The molecule has 5 heteroatoms. The van der Waals surface area contributed by atoms with Gasteiger partial charge in [0.15, 0.2) is 0 Å². The molecule has 1 heterocycles. The summed E-state index contributed by atoms with van der Waals surface area (Å²) in [4.78, 5) is 2.06. The molecule has 1 unspecified atom stereocenters. The number of nitrogen functional groups attached to an aromatic ring is 1. The standard InChI is InChI=1S/C13H18ClFN2O/c1-13(18)3-2-5-17(6-4-13)12-7-9(14)10(15)8-11(12)16/h7-8,18H,2-6,16H2,1H3. The van der Waals surface area contributed by atoms with Gasteiger partial charge in [-0.3, -0.25) is 0 Å². The van der Waals surface area contributed by atoms with Crippen molar-refractivity contribution in [2.75, 3.05) is 23.7 Å². The van der Waals surface area contributed by atoms with E-state index in [4.69, 9.17) is 17.3 Å². The second-order valence-corrected chi connectivity index (χ2v) is 5.57.